The molecular weight excluding hydrogens is 304 g/mol. The van der Waals surface area contributed by atoms with Crippen LogP contribution in [0.1, 0.15) is 12.1 Å². The van der Waals surface area contributed by atoms with Gasteiger partial charge in [0.2, 0.25) is 10.0 Å². The SMILES string of the molecule is CO[C@H]1C[C@@H](CN(C)S(=O)(=O)c2ccc(C#N)nc2)N(C)C1. The maximum atomic E-state index is 12.5. The zero-order valence-electron chi connectivity index (χ0n) is 12.9. The molecule has 120 valence electrons. The fourth-order valence-electron chi connectivity index (χ4n) is 2.59. The molecular formula is C14H20N4O3S. The van der Waals surface area contributed by atoms with E-state index in [4.69, 9.17) is 10.00 Å². The Morgan fingerprint density at radius 3 is 2.77 bits per heavy atom. The second-order valence-corrected chi connectivity index (χ2v) is 7.51. The smallest absolute Gasteiger partial charge is 0.244 e. The molecule has 1 aliphatic rings. The number of rotatable bonds is 5. The van der Waals surface area contributed by atoms with Gasteiger partial charge < -0.3 is 4.74 Å². The Hall–Kier alpha value is -1.53. The first kappa shape index (κ1) is 16.8. The summed E-state index contributed by atoms with van der Waals surface area (Å²) in [6.45, 7) is 1.19. The molecule has 0 spiro atoms. The number of pyridine rings is 1. The quantitative estimate of drug-likeness (QED) is 0.774. The summed E-state index contributed by atoms with van der Waals surface area (Å²) in [5.41, 5.74) is 0.195. The lowest BCUT2D eigenvalue weighted by molar-refractivity contribution is 0.111. The van der Waals surface area contributed by atoms with Crippen molar-refractivity contribution in [1.82, 2.24) is 14.2 Å². The van der Waals surface area contributed by atoms with Crippen molar-refractivity contribution in [3.05, 3.63) is 24.0 Å². The summed E-state index contributed by atoms with van der Waals surface area (Å²) in [5, 5.41) is 8.72. The molecule has 0 amide bonds. The van der Waals surface area contributed by atoms with Crippen LogP contribution in [-0.4, -0.2) is 69.0 Å². The number of methoxy groups -OCH3 is 1. The van der Waals surface area contributed by atoms with Crippen LogP contribution in [0.4, 0.5) is 0 Å². The van der Waals surface area contributed by atoms with E-state index in [0.29, 0.717) is 6.54 Å². The number of nitrogens with zero attached hydrogens (tertiary/aromatic N) is 4. The number of aromatic nitrogens is 1. The Balaban J connectivity index is 2.10. The van der Waals surface area contributed by atoms with Gasteiger partial charge in [-0.05, 0) is 25.6 Å². The standard InChI is InChI=1S/C14H20N4O3S/c1-17-10-13(21-3)6-12(17)9-18(2)22(19,20)14-5-4-11(7-15)16-8-14/h4-5,8,12-13H,6,9-10H2,1-3H3/t12-,13-/m0/s1. The third-order valence-corrected chi connectivity index (χ3v) is 5.82. The van der Waals surface area contributed by atoms with Crippen LogP contribution in [-0.2, 0) is 14.8 Å². The lowest BCUT2D eigenvalue weighted by Gasteiger charge is -2.25. The number of hydrogen-bond acceptors (Lipinski definition) is 6. The fraction of sp³-hybridized carbons (Fsp3) is 0.571. The van der Waals surface area contributed by atoms with Crippen LogP contribution in [0, 0.1) is 11.3 Å². The number of likely N-dealkylation sites (N-methyl/N-ethyl adjacent to an activating group) is 2. The molecule has 8 heteroatoms. The highest BCUT2D eigenvalue weighted by molar-refractivity contribution is 7.89. The summed E-state index contributed by atoms with van der Waals surface area (Å²) in [6, 6.07) is 4.81. The van der Waals surface area contributed by atoms with Gasteiger partial charge in [-0.3, -0.25) is 4.90 Å². The van der Waals surface area contributed by atoms with E-state index >= 15 is 0 Å². The summed E-state index contributed by atoms with van der Waals surface area (Å²) in [5.74, 6) is 0. The van der Waals surface area contributed by atoms with Gasteiger partial charge in [-0.25, -0.2) is 13.4 Å². The molecule has 22 heavy (non-hydrogen) atoms. The molecule has 0 saturated carbocycles. The largest absolute Gasteiger partial charge is 0.380 e. The third kappa shape index (κ3) is 3.44. The van der Waals surface area contributed by atoms with Crippen LogP contribution in [0.15, 0.2) is 23.2 Å². The molecule has 0 bridgehead atoms. The van der Waals surface area contributed by atoms with E-state index in [9.17, 15) is 8.42 Å². The minimum absolute atomic E-state index is 0.0953. The van der Waals surface area contributed by atoms with E-state index in [2.05, 4.69) is 9.88 Å². The Morgan fingerprint density at radius 1 is 1.55 bits per heavy atom. The van der Waals surface area contributed by atoms with Crippen LogP contribution in [0.2, 0.25) is 0 Å². The lowest BCUT2D eigenvalue weighted by Crippen LogP contribution is -2.39. The van der Waals surface area contributed by atoms with Crippen molar-refractivity contribution in [3.8, 4) is 6.07 Å². The minimum Gasteiger partial charge on any atom is -0.380 e. The Labute approximate surface area is 131 Å². The Bertz CT molecular complexity index is 654. The van der Waals surface area contributed by atoms with Gasteiger partial charge in [-0.2, -0.15) is 9.57 Å². The molecule has 1 aromatic heterocycles. The molecule has 2 heterocycles. The Morgan fingerprint density at radius 2 is 2.27 bits per heavy atom. The van der Waals surface area contributed by atoms with Gasteiger partial charge in [0.25, 0.3) is 0 Å². The van der Waals surface area contributed by atoms with Crippen LogP contribution >= 0.6 is 0 Å². The van der Waals surface area contributed by atoms with Gasteiger partial charge in [0.15, 0.2) is 0 Å². The average Bonchev–Trinajstić information content (AvgIpc) is 2.87. The molecule has 1 aromatic rings. The molecule has 7 nitrogen and oxygen atoms in total. The maximum absolute atomic E-state index is 12.5. The molecule has 0 radical (unpaired) electrons. The summed E-state index contributed by atoms with van der Waals surface area (Å²) in [4.78, 5) is 6.02. The predicted octanol–water partition coefficient (Wildman–Crippen LogP) is 0.293. The number of sulfonamides is 1. The van der Waals surface area contributed by atoms with Gasteiger partial charge in [0.1, 0.15) is 16.7 Å². The highest BCUT2D eigenvalue weighted by atomic mass is 32.2. The van der Waals surface area contributed by atoms with Crippen LogP contribution in [0.5, 0.6) is 0 Å². The minimum atomic E-state index is -3.61. The predicted molar refractivity (Wildman–Crippen MR) is 80.6 cm³/mol. The summed E-state index contributed by atoms with van der Waals surface area (Å²) in [7, 11) is 1.59. The molecule has 0 aromatic carbocycles. The first-order valence-electron chi connectivity index (χ1n) is 6.94. The second-order valence-electron chi connectivity index (χ2n) is 5.46. The fourth-order valence-corrected chi connectivity index (χ4v) is 3.74. The zero-order chi connectivity index (χ0) is 16.3. The van der Waals surface area contributed by atoms with Gasteiger partial charge in [-0.1, -0.05) is 0 Å². The van der Waals surface area contributed by atoms with Crippen molar-refractivity contribution in [1.29, 1.82) is 5.26 Å². The monoisotopic (exact) mass is 324 g/mol. The van der Waals surface area contributed by atoms with Crippen LogP contribution in [0.25, 0.3) is 0 Å². The van der Waals surface area contributed by atoms with Crippen molar-refractivity contribution in [2.75, 3.05) is 34.3 Å². The van der Waals surface area contributed by atoms with Crippen molar-refractivity contribution >= 4 is 10.0 Å². The average molecular weight is 324 g/mol. The number of nitriles is 1. The van der Waals surface area contributed by atoms with Crippen molar-refractivity contribution in [2.45, 2.75) is 23.5 Å². The number of likely N-dealkylation sites (tertiary alicyclic amines) is 1. The van der Waals surface area contributed by atoms with Crippen LogP contribution < -0.4 is 0 Å². The van der Waals surface area contributed by atoms with E-state index in [1.54, 1.807) is 14.2 Å². The molecule has 1 aliphatic heterocycles. The van der Waals surface area contributed by atoms with E-state index in [1.165, 1.54) is 22.6 Å². The normalized spacial score (nSPS) is 22.9. The summed E-state index contributed by atoms with van der Waals surface area (Å²) >= 11 is 0. The van der Waals surface area contributed by atoms with Crippen molar-refractivity contribution < 1.29 is 13.2 Å². The lowest BCUT2D eigenvalue weighted by atomic mass is 10.2. The van der Waals surface area contributed by atoms with E-state index < -0.39 is 10.0 Å². The van der Waals surface area contributed by atoms with E-state index in [0.717, 1.165) is 13.0 Å². The molecule has 2 atom stereocenters. The second kappa shape index (κ2) is 6.71. The first-order valence-corrected chi connectivity index (χ1v) is 8.38. The highest BCUT2D eigenvalue weighted by Gasteiger charge is 2.33. The zero-order valence-corrected chi connectivity index (χ0v) is 13.7. The van der Waals surface area contributed by atoms with Gasteiger partial charge in [0.05, 0.1) is 6.10 Å². The molecule has 0 N–H and O–H groups in total. The first-order chi connectivity index (χ1) is 10.4. The van der Waals surface area contributed by atoms with Crippen molar-refractivity contribution in [2.24, 2.45) is 0 Å². The Kier molecular flexibility index (Phi) is 5.13. The topological polar surface area (TPSA) is 86.5 Å². The van der Waals surface area contributed by atoms with Gasteiger partial charge in [0, 0.05) is 39.5 Å². The highest BCUT2D eigenvalue weighted by Crippen LogP contribution is 2.21. The molecule has 0 aliphatic carbocycles. The molecule has 0 unspecified atom stereocenters. The van der Waals surface area contributed by atoms with Crippen molar-refractivity contribution in [3.63, 3.8) is 0 Å². The van der Waals surface area contributed by atoms with Crippen LogP contribution in [0.3, 0.4) is 0 Å². The summed E-state index contributed by atoms with van der Waals surface area (Å²) < 4.78 is 31.7. The van der Waals surface area contributed by atoms with Gasteiger partial charge in [-0.15, -0.1) is 0 Å². The van der Waals surface area contributed by atoms with E-state index in [1.807, 2.05) is 13.1 Å². The maximum Gasteiger partial charge on any atom is 0.244 e. The molecule has 2 rings (SSSR count). The number of hydrogen-bond donors (Lipinski definition) is 0. The van der Waals surface area contributed by atoms with E-state index in [-0.39, 0.29) is 22.7 Å². The molecule has 1 saturated heterocycles. The number of ether oxygens (including phenoxy) is 1. The van der Waals surface area contributed by atoms with Gasteiger partial charge >= 0.3 is 0 Å². The molecule has 1 fully saturated rings. The summed E-state index contributed by atoms with van der Waals surface area (Å²) in [6.07, 6.45) is 2.17. The third-order valence-electron chi connectivity index (χ3n) is 4.01.